The highest BCUT2D eigenvalue weighted by Crippen LogP contribution is 2.17. The predicted octanol–water partition coefficient (Wildman–Crippen LogP) is 2.74. The van der Waals surface area contributed by atoms with Crippen LogP contribution in [0.1, 0.15) is 59.8 Å². The third kappa shape index (κ3) is 8.20. The Morgan fingerprint density at radius 1 is 1.10 bits per heavy atom. The zero-order chi connectivity index (χ0) is 15.5. The summed E-state index contributed by atoms with van der Waals surface area (Å²) in [6, 6.07) is 0. The summed E-state index contributed by atoms with van der Waals surface area (Å²) >= 11 is 0. The molecule has 0 aromatic rings. The van der Waals surface area contributed by atoms with Crippen LogP contribution in [0.2, 0.25) is 0 Å². The molecule has 0 fully saturated rings. The number of hydrogen-bond acceptors (Lipinski definition) is 4. The lowest BCUT2D eigenvalue weighted by molar-refractivity contribution is -0.0110. The highest BCUT2D eigenvalue weighted by Gasteiger charge is 2.25. The molecule has 0 aliphatic rings. The second-order valence-electron chi connectivity index (χ2n) is 6.15. The minimum atomic E-state index is -0.134. The van der Waals surface area contributed by atoms with Gasteiger partial charge in [-0.3, -0.25) is 0 Å². The Balaban J connectivity index is 3.84. The summed E-state index contributed by atoms with van der Waals surface area (Å²) in [6.45, 7) is 11.0. The predicted molar refractivity (Wildman–Crippen MR) is 84.2 cm³/mol. The first-order valence-electron chi connectivity index (χ1n) is 7.94. The molecule has 0 amide bonds. The number of rotatable bonds is 13. The molecule has 0 bridgehead atoms. The van der Waals surface area contributed by atoms with E-state index in [0.717, 1.165) is 51.9 Å². The highest BCUT2D eigenvalue weighted by atomic mass is 16.5. The lowest BCUT2D eigenvalue weighted by atomic mass is 9.91. The van der Waals surface area contributed by atoms with Gasteiger partial charge in [-0.2, -0.15) is 0 Å². The molecule has 0 heterocycles. The van der Waals surface area contributed by atoms with Crippen LogP contribution in [0.15, 0.2) is 0 Å². The summed E-state index contributed by atoms with van der Waals surface area (Å²) in [5.41, 5.74) is -0.244. The third-order valence-corrected chi connectivity index (χ3v) is 4.07. The van der Waals surface area contributed by atoms with E-state index in [9.17, 15) is 5.11 Å². The molecule has 20 heavy (non-hydrogen) atoms. The maximum atomic E-state index is 9.62. The van der Waals surface area contributed by atoms with E-state index in [1.807, 2.05) is 0 Å². The number of aliphatic hydroxyl groups excluding tert-OH is 1. The molecule has 2 N–H and O–H groups in total. The van der Waals surface area contributed by atoms with Crippen molar-refractivity contribution in [3.05, 3.63) is 0 Å². The Bertz CT molecular complexity index is 228. The summed E-state index contributed by atoms with van der Waals surface area (Å²) in [5.74, 6) is 0. The van der Waals surface area contributed by atoms with Gasteiger partial charge >= 0.3 is 0 Å². The van der Waals surface area contributed by atoms with Crippen molar-refractivity contribution in [3.8, 4) is 0 Å². The van der Waals surface area contributed by atoms with Gasteiger partial charge in [-0.15, -0.1) is 0 Å². The van der Waals surface area contributed by atoms with Crippen molar-refractivity contribution >= 4 is 0 Å². The maximum Gasteiger partial charge on any atom is 0.0644 e. The number of aliphatic hydroxyl groups is 1. The van der Waals surface area contributed by atoms with E-state index in [-0.39, 0.29) is 17.7 Å². The van der Waals surface area contributed by atoms with Crippen LogP contribution >= 0.6 is 0 Å². The lowest BCUT2D eigenvalue weighted by Gasteiger charge is -2.32. The quantitative estimate of drug-likeness (QED) is 0.512. The average Bonchev–Trinajstić information content (AvgIpc) is 2.46. The number of ether oxygens (including phenoxy) is 2. The van der Waals surface area contributed by atoms with Gasteiger partial charge in [0, 0.05) is 25.9 Å². The maximum absolute atomic E-state index is 9.62. The standard InChI is InChI=1S/C16H35NO3/c1-6-11-17-16(7-2,14-18)9-8-12-20-13-10-15(3,4)19-5/h17-18H,6-14H2,1-5H3. The van der Waals surface area contributed by atoms with Gasteiger partial charge in [0.1, 0.15) is 0 Å². The molecule has 0 aliphatic heterocycles. The molecule has 0 radical (unpaired) electrons. The summed E-state index contributed by atoms with van der Waals surface area (Å²) in [4.78, 5) is 0. The van der Waals surface area contributed by atoms with Gasteiger partial charge in [0.25, 0.3) is 0 Å². The zero-order valence-electron chi connectivity index (χ0n) is 14.1. The molecule has 0 aromatic carbocycles. The van der Waals surface area contributed by atoms with Crippen molar-refractivity contribution in [1.82, 2.24) is 5.32 Å². The van der Waals surface area contributed by atoms with Crippen molar-refractivity contribution in [1.29, 1.82) is 0 Å². The van der Waals surface area contributed by atoms with Crippen molar-refractivity contribution in [3.63, 3.8) is 0 Å². The smallest absolute Gasteiger partial charge is 0.0644 e. The van der Waals surface area contributed by atoms with E-state index >= 15 is 0 Å². The van der Waals surface area contributed by atoms with E-state index in [0.29, 0.717) is 0 Å². The van der Waals surface area contributed by atoms with Gasteiger partial charge in [-0.1, -0.05) is 13.8 Å². The van der Waals surface area contributed by atoms with Crippen LogP contribution < -0.4 is 5.32 Å². The van der Waals surface area contributed by atoms with Gasteiger partial charge in [0.05, 0.1) is 12.2 Å². The van der Waals surface area contributed by atoms with E-state index in [1.54, 1.807) is 7.11 Å². The topological polar surface area (TPSA) is 50.7 Å². The second kappa shape index (κ2) is 10.6. The molecule has 1 unspecified atom stereocenters. The molecule has 4 heteroatoms. The molecule has 1 atom stereocenters. The summed E-state index contributed by atoms with van der Waals surface area (Å²) < 4.78 is 11.0. The highest BCUT2D eigenvalue weighted by molar-refractivity contribution is 4.85. The first-order chi connectivity index (χ1) is 9.45. The largest absolute Gasteiger partial charge is 0.394 e. The molecular weight excluding hydrogens is 254 g/mol. The first-order valence-corrected chi connectivity index (χ1v) is 7.94. The Morgan fingerprint density at radius 3 is 2.30 bits per heavy atom. The van der Waals surface area contributed by atoms with Gasteiger partial charge in [-0.25, -0.2) is 0 Å². The third-order valence-electron chi connectivity index (χ3n) is 4.07. The van der Waals surface area contributed by atoms with Crippen LogP contribution in [0.4, 0.5) is 0 Å². The molecule has 0 spiro atoms. The van der Waals surface area contributed by atoms with Crippen molar-refractivity contribution in [2.24, 2.45) is 0 Å². The molecule has 0 saturated heterocycles. The monoisotopic (exact) mass is 289 g/mol. The molecule has 0 saturated carbocycles. The number of nitrogens with one attached hydrogen (secondary N) is 1. The summed E-state index contributed by atoms with van der Waals surface area (Å²) in [6.07, 6.45) is 4.85. The molecule has 0 rings (SSSR count). The van der Waals surface area contributed by atoms with Gasteiger partial charge in [0.15, 0.2) is 0 Å². The molecule has 122 valence electrons. The SMILES string of the molecule is CCCNC(CC)(CO)CCCOCCC(C)(C)OC. The Morgan fingerprint density at radius 2 is 1.80 bits per heavy atom. The summed E-state index contributed by atoms with van der Waals surface area (Å²) in [5, 5.41) is 13.1. The van der Waals surface area contributed by atoms with Gasteiger partial charge in [-0.05, 0) is 52.5 Å². The van der Waals surface area contributed by atoms with Crippen LogP contribution in [0, 0.1) is 0 Å². The Kier molecular flexibility index (Phi) is 10.5. The number of methoxy groups -OCH3 is 1. The average molecular weight is 289 g/mol. The minimum Gasteiger partial charge on any atom is -0.394 e. The molecular formula is C16H35NO3. The Labute approximate surface area is 125 Å². The van der Waals surface area contributed by atoms with Crippen LogP contribution in [0.3, 0.4) is 0 Å². The van der Waals surface area contributed by atoms with E-state index in [4.69, 9.17) is 9.47 Å². The fourth-order valence-electron chi connectivity index (χ4n) is 2.06. The van der Waals surface area contributed by atoms with Gasteiger partial charge in [0.2, 0.25) is 0 Å². The lowest BCUT2D eigenvalue weighted by Crippen LogP contribution is -2.48. The van der Waals surface area contributed by atoms with Crippen molar-refractivity contribution < 1.29 is 14.6 Å². The second-order valence-corrected chi connectivity index (χ2v) is 6.15. The summed E-state index contributed by atoms with van der Waals surface area (Å²) in [7, 11) is 1.73. The first kappa shape index (κ1) is 19.8. The fraction of sp³-hybridized carbons (Fsp3) is 1.00. The molecule has 0 aliphatic carbocycles. The minimum absolute atomic E-state index is 0.110. The van der Waals surface area contributed by atoms with Crippen LogP contribution in [0.5, 0.6) is 0 Å². The zero-order valence-corrected chi connectivity index (χ0v) is 14.1. The molecule has 0 aromatic heterocycles. The van der Waals surface area contributed by atoms with Crippen LogP contribution in [0.25, 0.3) is 0 Å². The molecule has 4 nitrogen and oxygen atoms in total. The van der Waals surface area contributed by atoms with E-state index < -0.39 is 0 Å². The van der Waals surface area contributed by atoms with E-state index in [1.165, 1.54) is 0 Å². The van der Waals surface area contributed by atoms with Crippen LogP contribution in [-0.4, -0.2) is 49.7 Å². The normalized spacial score (nSPS) is 15.3. The van der Waals surface area contributed by atoms with Crippen LogP contribution in [-0.2, 0) is 9.47 Å². The van der Waals surface area contributed by atoms with E-state index in [2.05, 4.69) is 33.0 Å². The van der Waals surface area contributed by atoms with Crippen molar-refractivity contribution in [2.75, 3.05) is 33.5 Å². The number of hydrogen-bond donors (Lipinski definition) is 2. The fourth-order valence-corrected chi connectivity index (χ4v) is 2.06. The van der Waals surface area contributed by atoms with Gasteiger partial charge < -0.3 is 19.9 Å². The Hall–Kier alpha value is -0.160. The van der Waals surface area contributed by atoms with Crippen molar-refractivity contribution in [2.45, 2.75) is 70.9 Å².